The predicted molar refractivity (Wildman–Crippen MR) is 73.4 cm³/mol. The van der Waals surface area contributed by atoms with Crippen LogP contribution in [-0.2, 0) is 4.79 Å². The van der Waals surface area contributed by atoms with Crippen molar-refractivity contribution in [2.45, 2.75) is 6.42 Å². The Labute approximate surface area is 118 Å². The second kappa shape index (κ2) is 4.86. The van der Waals surface area contributed by atoms with E-state index in [-0.39, 0.29) is 18.3 Å². The Morgan fingerprint density at radius 3 is 2.85 bits per heavy atom. The second-order valence-electron chi connectivity index (χ2n) is 4.87. The molecule has 2 heterocycles. The third-order valence-electron chi connectivity index (χ3n) is 3.52. The number of likely N-dealkylation sites (tertiary alicyclic amines) is 1. The minimum atomic E-state index is -0.862. The van der Waals surface area contributed by atoms with E-state index < -0.39 is 11.9 Å². The SMILES string of the molecule is O=C(O)C1CCN(C(=O)c2cc3ccc(F)cc3s2)C1. The molecule has 0 spiro atoms. The van der Waals surface area contributed by atoms with Crippen LogP contribution < -0.4 is 0 Å². The Balaban J connectivity index is 1.84. The van der Waals surface area contributed by atoms with Crippen LogP contribution in [0.25, 0.3) is 10.1 Å². The number of hydrogen-bond acceptors (Lipinski definition) is 3. The van der Waals surface area contributed by atoms with Gasteiger partial charge in [-0.25, -0.2) is 4.39 Å². The zero-order valence-corrected chi connectivity index (χ0v) is 11.3. The van der Waals surface area contributed by atoms with Crippen molar-refractivity contribution in [3.05, 3.63) is 35.0 Å². The summed E-state index contributed by atoms with van der Waals surface area (Å²) in [6, 6.07) is 6.14. The van der Waals surface area contributed by atoms with Crippen LogP contribution in [0.3, 0.4) is 0 Å². The molecule has 1 unspecified atom stereocenters. The molecule has 104 valence electrons. The number of benzene rings is 1. The molecule has 6 heteroatoms. The summed E-state index contributed by atoms with van der Waals surface area (Å²) < 4.78 is 13.9. The highest BCUT2D eigenvalue weighted by molar-refractivity contribution is 7.20. The molecule has 1 aliphatic heterocycles. The van der Waals surface area contributed by atoms with E-state index in [4.69, 9.17) is 5.11 Å². The smallest absolute Gasteiger partial charge is 0.308 e. The van der Waals surface area contributed by atoms with Gasteiger partial charge >= 0.3 is 5.97 Å². The molecule has 1 aliphatic rings. The Bertz CT molecular complexity index is 697. The fraction of sp³-hybridized carbons (Fsp3) is 0.286. The lowest BCUT2D eigenvalue weighted by molar-refractivity contribution is -0.141. The molecule has 20 heavy (non-hydrogen) atoms. The van der Waals surface area contributed by atoms with Gasteiger partial charge in [-0.05, 0) is 30.0 Å². The Kier molecular flexibility index (Phi) is 3.17. The third-order valence-corrected chi connectivity index (χ3v) is 4.60. The van der Waals surface area contributed by atoms with Gasteiger partial charge in [0.2, 0.25) is 0 Å². The molecule has 1 amide bonds. The number of carbonyl (C=O) groups excluding carboxylic acids is 1. The molecule has 1 saturated heterocycles. The average molecular weight is 293 g/mol. The van der Waals surface area contributed by atoms with Gasteiger partial charge in [-0.1, -0.05) is 6.07 Å². The number of amides is 1. The molecule has 4 nitrogen and oxygen atoms in total. The molecule has 1 N–H and O–H groups in total. The van der Waals surface area contributed by atoms with E-state index >= 15 is 0 Å². The zero-order valence-electron chi connectivity index (χ0n) is 10.5. The first-order chi connectivity index (χ1) is 9.54. The molecule has 1 aromatic heterocycles. The number of thiophene rings is 1. The Morgan fingerprint density at radius 2 is 2.15 bits per heavy atom. The largest absolute Gasteiger partial charge is 0.481 e. The van der Waals surface area contributed by atoms with Crippen molar-refractivity contribution < 1.29 is 19.1 Å². The third kappa shape index (κ3) is 2.27. The molecule has 2 aromatic rings. The van der Waals surface area contributed by atoms with Gasteiger partial charge in [0.1, 0.15) is 5.82 Å². The monoisotopic (exact) mass is 293 g/mol. The van der Waals surface area contributed by atoms with Crippen LogP contribution in [-0.4, -0.2) is 35.0 Å². The lowest BCUT2D eigenvalue weighted by Crippen LogP contribution is -2.29. The van der Waals surface area contributed by atoms with Crippen molar-refractivity contribution in [2.75, 3.05) is 13.1 Å². The summed E-state index contributed by atoms with van der Waals surface area (Å²) >= 11 is 1.24. The van der Waals surface area contributed by atoms with Crippen LogP contribution in [0.15, 0.2) is 24.3 Å². The molecule has 3 rings (SSSR count). The van der Waals surface area contributed by atoms with Crippen molar-refractivity contribution >= 4 is 33.3 Å². The highest BCUT2D eigenvalue weighted by Crippen LogP contribution is 2.28. The van der Waals surface area contributed by atoms with E-state index in [2.05, 4.69) is 0 Å². The summed E-state index contributed by atoms with van der Waals surface area (Å²) in [7, 11) is 0. The van der Waals surface area contributed by atoms with Crippen LogP contribution in [0.5, 0.6) is 0 Å². The zero-order chi connectivity index (χ0) is 14.3. The summed E-state index contributed by atoms with van der Waals surface area (Å²) in [4.78, 5) is 25.3. The van der Waals surface area contributed by atoms with Crippen molar-refractivity contribution in [2.24, 2.45) is 5.92 Å². The van der Waals surface area contributed by atoms with E-state index in [0.717, 1.165) is 10.1 Å². The summed E-state index contributed by atoms with van der Waals surface area (Å²) in [6.07, 6.45) is 0.487. The van der Waals surface area contributed by atoms with Crippen molar-refractivity contribution in [3.63, 3.8) is 0 Å². The minimum Gasteiger partial charge on any atom is -0.481 e. The van der Waals surface area contributed by atoms with E-state index in [1.54, 1.807) is 17.0 Å². The van der Waals surface area contributed by atoms with Gasteiger partial charge in [0, 0.05) is 17.8 Å². The average Bonchev–Trinajstić information content (AvgIpc) is 3.03. The standard InChI is InChI=1S/C14H12FNO3S/c15-10-2-1-8-5-12(20-11(8)6-10)13(17)16-4-3-9(7-16)14(18)19/h1-2,5-6,9H,3-4,7H2,(H,18,19). The summed E-state index contributed by atoms with van der Waals surface area (Å²) in [5.74, 6) is -1.84. The maximum Gasteiger partial charge on any atom is 0.308 e. The second-order valence-corrected chi connectivity index (χ2v) is 5.95. The number of fused-ring (bicyclic) bond motifs is 1. The van der Waals surface area contributed by atoms with Crippen LogP contribution >= 0.6 is 11.3 Å². The molecule has 1 aromatic carbocycles. The normalized spacial score (nSPS) is 18.6. The first-order valence-corrected chi connectivity index (χ1v) is 7.07. The highest BCUT2D eigenvalue weighted by Gasteiger charge is 2.31. The summed E-state index contributed by atoms with van der Waals surface area (Å²) in [6.45, 7) is 0.704. The molecule has 1 fully saturated rings. The number of halogens is 1. The fourth-order valence-electron chi connectivity index (χ4n) is 2.41. The number of rotatable bonds is 2. The molecule has 0 saturated carbocycles. The lowest BCUT2D eigenvalue weighted by atomic mass is 10.1. The van der Waals surface area contributed by atoms with Gasteiger partial charge < -0.3 is 10.0 Å². The Hall–Kier alpha value is -1.95. The summed E-state index contributed by atoms with van der Waals surface area (Å²) in [5.41, 5.74) is 0. The minimum absolute atomic E-state index is 0.171. The number of nitrogens with zero attached hydrogens (tertiary/aromatic N) is 1. The van der Waals surface area contributed by atoms with Crippen LogP contribution in [0.2, 0.25) is 0 Å². The van der Waals surface area contributed by atoms with Crippen molar-refractivity contribution in [1.82, 2.24) is 4.90 Å². The fourth-order valence-corrected chi connectivity index (χ4v) is 3.47. The van der Waals surface area contributed by atoms with Crippen LogP contribution in [0.4, 0.5) is 4.39 Å². The van der Waals surface area contributed by atoms with Crippen molar-refractivity contribution in [1.29, 1.82) is 0 Å². The first-order valence-electron chi connectivity index (χ1n) is 6.26. The Morgan fingerprint density at radius 1 is 1.35 bits per heavy atom. The highest BCUT2D eigenvalue weighted by atomic mass is 32.1. The molecular formula is C14H12FNO3S. The van der Waals surface area contributed by atoms with Gasteiger partial charge in [0.15, 0.2) is 0 Å². The number of carbonyl (C=O) groups is 2. The van der Waals surface area contributed by atoms with Gasteiger partial charge in [-0.15, -0.1) is 11.3 Å². The van der Waals surface area contributed by atoms with E-state index in [0.29, 0.717) is 17.8 Å². The topological polar surface area (TPSA) is 57.6 Å². The van der Waals surface area contributed by atoms with E-state index in [1.807, 2.05) is 0 Å². The van der Waals surface area contributed by atoms with Crippen LogP contribution in [0.1, 0.15) is 16.1 Å². The quantitative estimate of drug-likeness (QED) is 0.926. The number of hydrogen-bond donors (Lipinski definition) is 1. The van der Waals surface area contributed by atoms with E-state index in [9.17, 15) is 14.0 Å². The predicted octanol–water partition coefficient (Wildman–Crippen LogP) is 2.59. The van der Waals surface area contributed by atoms with Crippen LogP contribution in [0, 0.1) is 11.7 Å². The van der Waals surface area contributed by atoms with Gasteiger partial charge in [-0.3, -0.25) is 9.59 Å². The summed E-state index contributed by atoms with van der Waals surface area (Å²) in [5, 5.41) is 9.78. The molecule has 1 atom stereocenters. The van der Waals surface area contributed by atoms with Gasteiger partial charge in [0.05, 0.1) is 10.8 Å². The maximum absolute atomic E-state index is 13.1. The molecule has 0 bridgehead atoms. The number of aliphatic carboxylic acids is 1. The van der Waals surface area contributed by atoms with Crippen molar-refractivity contribution in [3.8, 4) is 0 Å². The lowest BCUT2D eigenvalue weighted by Gasteiger charge is -2.14. The molecule has 0 aliphatic carbocycles. The van der Waals surface area contributed by atoms with Gasteiger partial charge in [-0.2, -0.15) is 0 Å². The first kappa shape index (κ1) is 13.1. The van der Waals surface area contributed by atoms with E-state index in [1.165, 1.54) is 23.5 Å². The molecular weight excluding hydrogens is 281 g/mol. The maximum atomic E-state index is 13.1. The number of carboxylic acid groups (broad SMARTS) is 1. The van der Waals surface area contributed by atoms with Gasteiger partial charge in [0.25, 0.3) is 5.91 Å². The number of carboxylic acids is 1. The molecule has 0 radical (unpaired) electrons.